The number of rotatable bonds is 3. The molecule has 0 heterocycles. The first-order valence-corrected chi connectivity index (χ1v) is 3.68. The van der Waals surface area contributed by atoms with Crippen molar-refractivity contribution in [3.8, 4) is 0 Å². The molecule has 0 amide bonds. The summed E-state index contributed by atoms with van der Waals surface area (Å²) in [6.07, 6.45) is 3.76. The van der Waals surface area contributed by atoms with Crippen LogP contribution in [0, 0.1) is 0 Å². The molecule has 1 unspecified atom stereocenters. The third-order valence-corrected chi connectivity index (χ3v) is 1.60. The van der Waals surface area contributed by atoms with Crippen molar-refractivity contribution in [3.05, 3.63) is 24.4 Å². The molecule has 1 nitrogen and oxygen atoms in total. The van der Waals surface area contributed by atoms with E-state index in [-0.39, 0.29) is 5.50 Å². The van der Waals surface area contributed by atoms with E-state index >= 15 is 0 Å². The van der Waals surface area contributed by atoms with Gasteiger partial charge in [0, 0.05) is 13.2 Å². The van der Waals surface area contributed by atoms with E-state index < -0.39 is 0 Å². The van der Waals surface area contributed by atoms with E-state index in [0.29, 0.717) is 0 Å². The minimum absolute atomic E-state index is 0.0369. The van der Waals surface area contributed by atoms with Crippen molar-refractivity contribution >= 4 is 11.6 Å². The van der Waals surface area contributed by atoms with Crippen molar-refractivity contribution < 1.29 is 0 Å². The number of alkyl halides is 1. The van der Waals surface area contributed by atoms with Gasteiger partial charge < -0.3 is 4.90 Å². The molecule has 58 valence electrons. The molecule has 0 aliphatic heterocycles. The Hall–Kier alpha value is -0.430. The summed E-state index contributed by atoms with van der Waals surface area (Å²) in [5.74, 6) is 0. The molecule has 0 bridgehead atoms. The van der Waals surface area contributed by atoms with Crippen LogP contribution < -0.4 is 0 Å². The normalized spacial score (nSPS) is 14.6. The summed E-state index contributed by atoms with van der Waals surface area (Å²) in [5, 5.41) is 0. The van der Waals surface area contributed by atoms with Gasteiger partial charge in [-0.05, 0) is 19.4 Å². The topological polar surface area (TPSA) is 3.24 Å². The first-order valence-electron chi connectivity index (χ1n) is 3.24. The molecule has 0 spiro atoms. The predicted molar refractivity (Wildman–Crippen MR) is 47.0 cm³/mol. The summed E-state index contributed by atoms with van der Waals surface area (Å²) in [4.78, 5) is 1.93. The number of nitrogens with zero attached hydrogens (tertiary/aromatic N) is 1. The van der Waals surface area contributed by atoms with Crippen LogP contribution in [0.3, 0.4) is 0 Å². The van der Waals surface area contributed by atoms with E-state index in [4.69, 9.17) is 11.6 Å². The molecule has 0 aromatic carbocycles. The Morgan fingerprint density at radius 2 is 2.20 bits per heavy atom. The fourth-order valence-electron chi connectivity index (χ4n) is 0.477. The summed E-state index contributed by atoms with van der Waals surface area (Å²) < 4.78 is 0. The van der Waals surface area contributed by atoms with Gasteiger partial charge in [-0.3, -0.25) is 0 Å². The van der Waals surface area contributed by atoms with Crippen molar-refractivity contribution in [3.63, 3.8) is 0 Å². The van der Waals surface area contributed by atoms with Crippen LogP contribution in [0.5, 0.6) is 0 Å². The van der Waals surface area contributed by atoms with Gasteiger partial charge in [0.05, 0.1) is 0 Å². The van der Waals surface area contributed by atoms with E-state index in [0.717, 1.165) is 5.57 Å². The maximum atomic E-state index is 5.78. The standard InChI is InChI=1S/C8H14ClN/c1-5-7(2)6-10(4)8(3)9/h5-6,8H,1H2,2-4H3/b7-6-. The fraction of sp³-hybridized carbons (Fsp3) is 0.500. The van der Waals surface area contributed by atoms with Gasteiger partial charge in [0.15, 0.2) is 0 Å². The van der Waals surface area contributed by atoms with Crippen LogP contribution in [0.2, 0.25) is 0 Å². The van der Waals surface area contributed by atoms with Gasteiger partial charge in [-0.2, -0.15) is 0 Å². The van der Waals surface area contributed by atoms with Gasteiger partial charge in [0.2, 0.25) is 0 Å². The number of halogens is 1. The van der Waals surface area contributed by atoms with Gasteiger partial charge in [-0.25, -0.2) is 0 Å². The first kappa shape index (κ1) is 9.57. The molecule has 0 radical (unpaired) electrons. The van der Waals surface area contributed by atoms with Gasteiger partial charge in [0.25, 0.3) is 0 Å². The summed E-state index contributed by atoms with van der Waals surface area (Å²) in [7, 11) is 1.94. The Kier molecular flexibility index (Phi) is 4.21. The van der Waals surface area contributed by atoms with E-state index in [1.807, 2.05) is 32.0 Å². The highest BCUT2D eigenvalue weighted by Gasteiger charge is 1.97. The first-order chi connectivity index (χ1) is 4.57. The molecule has 0 fully saturated rings. The molecule has 10 heavy (non-hydrogen) atoms. The fourth-order valence-corrected chi connectivity index (χ4v) is 0.533. The maximum Gasteiger partial charge on any atom is 0.100 e. The van der Waals surface area contributed by atoms with Gasteiger partial charge in [0.1, 0.15) is 5.50 Å². The SMILES string of the molecule is C=C/C(C)=C\N(C)C(C)Cl. The Labute approximate surface area is 68.0 Å². The third-order valence-electron chi connectivity index (χ3n) is 1.29. The summed E-state index contributed by atoms with van der Waals surface area (Å²) >= 11 is 5.78. The zero-order chi connectivity index (χ0) is 8.15. The van der Waals surface area contributed by atoms with Crippen molar-refractivity contribution in [1.82, 2.24) is 4.90 Å². The van der Waals surface area contributed by atoms with Gasteiger partial charge in [-0.15, -0.1) is 0 Å². The highest BCUT2D eigenvalue weighted by Crippen LogP contribution is 2.03. The molecule has 2 heteroatoms. The molecule has 0 saturated heterocycles. The molecule has 0 aromatic rings. The number of allylic oxidation sites excluding steroid dienone is 2. The third kappa shape index (κ3) is 3.57. The van der Waals surface area contributed by atoms with E-state index in [1.54, 1.807) is 6.08 Å². The zero-order valence-corrected chi connectivity index (χ0v) is 7.52. The zero-order valence-electron chi connectivity index (χ0n) is 6.76. The maximum absolute atomic E-state index is 5.78. The monoisotopic (exact) mass is 159 g/mol. The molecule has 0 aliphatic carbocycles. The van der Waals surface area contributed by atoms with Crippen LogP contribution >= 0.6 is 11.6 Å². The van der Waals surface area contributed by atoms with Crippen LogP contribution in [0.1, 0.15) is 13.8 Å². The number of hydrogen-bond donors (Lipinski definition) is 0. The molecule has 1 atom stereocenters. The van der Waals surface area contributed by atoms with Crippen molar-refractivity contribution in [2.75, 3.05) is 7.05 Å². The molecule has 0 saturated carbocycles. The van der Waals surface area contributed by atoms with Crippen LogP contribution in [-0.4, -0.2) is 17.4 Å². The Morgan fingerprint density at radius 1 is 1.70 bits per heavy atom. The van der Waals surface area contributed by atoms with E-state index in [2.05, 4.69) is 6.58 Å². The Balaban J connectivity index is 3.98. The van der Waals surface area contributed by atoms with Crippen LogP contribution in [0.25, 0.3) is 0 Å². The second-order valence-corrected chi connectivity index (χ2v) is 2.95. The summed E-state index contributed by atoms with van der Waals surface area (Å²) in [6.45, 7) is 7.55. The minimum atomic E-state index is 0.0369. The second-order valence-electron chi connectivity index (χ2n) is 2.32. The highest BCUT2D eigenvalue weighted by atomic mass is 35.5. The summed E-state index contributed by atoms with van der Waals surface area (Å²) in [6, 6.07) is 0. The molecule has 0 aliphatic rings. The lowest BCUT2D eigenvalue weighted by Gasteiger charge is -2.16. The summed E-state index contributed by atoms with van der Waals surface area (Å²) in [5.41, 5.74) is 1.16. The van der Waals surface area contributed by atoms with Crippen molar-refractivity contribution in [2.24, 2.45) is 0 Å². The molecular weight excluding hydrogens is 146 g/mol. The van der Waals surface area contributed by atoms with E-state index in [9.17, 15) is 0 Å². The molecule has 0 N–H and O–H groups in total. The average molecular weight is 160 g/mol. The lowest BCUT2D eigenvalue weighted by atomic mass is 10.3. The molecule has 0 rings (SSSR count). The van der Waals surface area contributed by atoms with Crippen LogP contribution in [0.4, 0.5) is 0 Å². The largest absolute Gasteiger partial charge is 0.364 e. The highest BCUT2D eigenvalue weighted by molar-refractivity contribution is 6.20. The molecule has 0 aromatic heterocycles. The van der Waals surface area contributed by atoms with Gasteiger partial charge >= 0.3 is 0 Å². The predicted octanol–water partition coefficient (Wildman–Crippen LogP) is 2.59. The van der Waals surface area contributed by atoms with E-state index in [1.165, 1.54) is 0 Å². The second kappa shape index (κ2) is 4.40. The Morgan fingerprint density at radius 3 is 2.50 bits per heavy atom. The van der Waals surface area contributed by atoms with Crippen molar-refractivity contribution in [2.45, 2.75) is 19.3 Å². The quantitative estimate of drug-likeness (QED) is 0.348. The number of hydrogen-bond acceptors (Lipinski definition) is 1. The lowest BCUT2D eigenvalue weighted by molar-refractivity contribution is 0.440. The van der Waals surface area contributed by atoms with Crippen LogP contribution in [0.15, 0.2) is 24.4 Å². The smallest absolute Gasteiger partial charge is 0.100 e. The van der Waals surface area contributed by atoms with Gasteiger partial charge in [-0.1, -0.05) is 24.3 Å². The Bertz CT molecular complexity index is 138. The van der Waals surface area contributed by atoms with Crippen molar-refractivity contribution in [1.29, 1.82) is 0 Å². The van der Waals surface area contributed by atoms with Crippen LogP contribution in [-0.2, 0) is 0 Å². The molecular formula is C8H14ClN. The minimum Gasteiger partial charge on any atom is -0.364 e. The average Bonchev–Trinajstić information content (AvgIpc) is 1.87. The lowest BCUT2D eigenvalue weighted by Crippen LogP contribution is -2.17.